The molecule has 2 heteroatoms. The van der Waals surface area contributed by atoms with E-state index < -0.39 is 0 Å². The largest absolute Gasteiger partial charge is 0.248 e. The van der Waals surface area contributed by atoms with Crippen molar-refractivity contribution in [3.8, 4) is 0 Å². The minimum Gasteiger partial charge on any atom is -0.248 e. The average Bonchev–Trinajstić information content (AvgIpc) is 2.29. The molecule has 16 heavy (non-hydrogen) atoms. The lowest BCUT2D eigenvalue weighted by molar-refractivity contribution is 1.35. The molecule has 0 fully saturated rings. The fraction of sp³-hybridized carbons (Fsp3) is 0.0714. The molecule has 0 N–H and O–H groups in total. The van der Waals surface area contributed by atoms with E-state index in [-0.39, 0.29) is 0 Å². The molecule has 0 unspecified atom stereocenters. The van der Waals surface area contributed by atoms with Gasteiger partial charge < -0.3 is 0 Å². The molecule has 0 atom stereocenters. The monoisotopic (exact) mass is 229 g/mol. The topological polar surface area (TPSA) is 12.9 Å². The van der Waals surface area contributed by atoms with Gasteiger partial charge in [-0.3, -0.25) is 0 Å². The normalized spacial score (nSPS) is 11.1. The van der Waals surface area contributed by atoms with E-state index in [0.717, 1.165) is 23.0 Å². The van der Waals surface area contributed by atoms with Gasteiger partial charge in [0.25, 0.3) is 0 Å². The predicted molar refractivity (Wildman–Crippen MR) is 70.6 cm³/mol. The van der Waals surface area contributed by atoms with Gasteiger partial charge >= 0.3 is 0 Å². The molecular weight excluding hydrogens is 218 g/mol. The Morgan fingerprint density at radius 3 is 2.88 bits per heavy atom. The Balaban J connectivity index is 2.38. The molecule has 1 nitrogen and oxygen atoms in total. The van der Waals surface area contributed by atoms with Crippen LogP contribution in [0.15, 0.2) is 49.1 Å². The van der Waals surface area contributed by atoms with Crippen molar-refractivity contribution in [1.82, 2.24) is 4.98 Å². The predicted octanol–water partition coefficient (Wildman–Crippen LogP) is 4.48. The van der Waals surface area contributed by atoms with E-state index in [2.05, 4.69) is 11.6 Å². The lowest BCUT2D eigenvalue weighted by Crippen LogP contribution is -1.82. The first-order chi connectivity index (χ1) is 7.79. The molecule has 0 saturated heterocycles. The van der Waals surface area contributed by atoms with Gasteiger partial charge in [0.05, 0.1) is 11.2 Å². The second kappa shape index (κ2) is 4.95. The third-order valence-corrected chi connectivity index (χ3v) is 2.50. The van der Waals surface area contributed by atoms with Crippen molar-refractivity contribution in [2.75, 3.05) is 0 Å². The van der Waals surface area contributed by atoms with Gasteiger partial charge in [0.1, 0.15) is 0 Å². The maximum Gasteiger partial charge on any atom is 0.0724 e. The lowest BCUT2D eigenvalue weighted by atomic mass is 10.2. The van der Waals surface area contributed by atoms with E-state index in [0.29, 0.717) is 5.02 Å². The highest BCUT2D eigenvalue weighted by molar-refractivity contribution is 6.31. The minimum atomic E-state index is 0.715. The molecule has 0 spiro atoms. The van der Waals surface area contributed by atoms with Crippen LogP contribution in [0.25, 0.3) is 17.0 Å². The summed E-state index contributed by atoms with van der Waals surface area (Å²) in [6.07, 6.45) is 6.73. The van der Waals surface area contributed by atoms with Crippen LogP contribution in [0.1, 0.15) is 12.1 Å². The smallest absolute Gasteiger partial charge is 0.0724 e. The summed E-state index contributed by atoms with van der Waals surface area (Å²) in [5, 5.41) is 1.82. The minimum absolute atomic E-state index is 0.715. The van der Waals surface area contributed by atoms with Crippen LogP contribution in [0.2, 0.25) is 5.02 Å². The van der Waals surface area contributed by atoms with Crippen molar-refractivity contribution in [3.05, 3.63) is 59.8 Å². The Bertz CT molecular complexity index is 543. The van der Waals surface area contributed by atoms with Crippen LogP contribution in [0.5, 0.6) is 0 Å². The van der Waals surface area contributed by atoms with Gasteiger partial charge in [0.2, 0.25) is 0 Å². The SMILES string of the molecule is C=CC/C=C/c1ccc2ccc(Cl)cc2n1. The van der Waals surface area contributed by atoms with Gasteiger partial charge in [-0.25, -0.2) is 4.98 Å². The average molecular weight is 230 g/mol. The molecular formula is C14H12ClN. The zero-order valence-corrected chi connectivity index (χ0v) is 9.61. The summed E-state index contributed by atoms with van der Waals surface area (Å²) in [5.41, 5.74) is 1.87. The fourth-order valence-electron chi connectivity index (χ4n) is 1.48. The van der Waals surface area contributed by atoms with Crippen LogP contribution >= 0.6 is 11.6 Å². The number of fused-ring (bicyclic) bond motifs is 1. The summed E-state index contributed by atoms with van der Waals surface area (Å²) in [7, 11) is 0. The zero-order chi connectivity index (χ0) is 11.4. The van der Waals surface area contributed by atoms with E-state index >= 15 is 0 Å². The molecule has 2 rings (SSSR count). The Kier molecular flexibility index (Phi) is 3.37. The molecule has 0 aliphatic carbocycles. The van der Waals surface area contributed by atoms with Gasteiger partial charge in [-0.1, -0.05) is 35.9 Å². The van der Waals surface area contributed by atoms with E-state index in [1.54, 1.807) is 0 Å². The Hall–Kier alpha value is -1.60. The summed E-state index contributed by atoms with van der Waals surface area (Å²) in [6.45, 7) is 3.66. The lowest BCUT2D eigenvalue weighted by Gasteiger charge is -1.99. The van der Waals surface area contributed by atoms with E-state index in [1.807, 2.05) is 48.6 Å². The van der Waals surface area contributed by atoms with Crippen LogP contribution in [0.4, 0.5) is 0 Å². The van der Waals surface area contributed by atoms with Crippen LogP contribution in [-0.2, 0) is 0 Å². The number of hydrogen-bond acceptors (Lipinski definition) is 1. The Morgan fingerprint density at radius 1 is 1.25 bits per heavy atom. The molecule has 1 aromatic heterocycles. The molecule has 0 bridgehead atoms. The van der Waals surface area contributed by atoms with Gasteiger partial charge in [-0.15, -0.1) is 6.58 Å². The van der Waals surface area contributed by atoms with E-state index in [1.165, 1.54) is 0 Å². The quantitative estimate of drug-likeness (QED) is 0.708. The highest BCUT2D eigenvalue weighted by Crippen LogP contribution is 2.18. The highest BCUT2D eigenvalue weighted by Gasteiger charge is 1.96. The number of aromatic nitrogens is 1. The van der Waals surface area contributed by atoms with Crippen molar-refractivity contribution in [2.45, 2.75) is 6.42 Å². The summed E-state index contributed by atoms with van der Waals surface area (Å²) in [5.74, 6) is 0. The zero-order valence-electron chi connectivity index (χ0n) is 8.86. The molecule has 80 valence electrons. The van der Waals surface area contributed by atoms with Crippen molar-refractivity contribution >= 4 is 28.6 Å². The number of benzene rings is 1. The summed E-state index contributed by atoms with van der Waals surface area (Å²) < 4.78 is 0. The molecule has 2 aromatic rings. The molecule has 0 amide bonds. The number of halogens is 1. The first-order valence-electron chi connectivity index (χ1n) is 5.13. The molecule has 1 heterocycles. The molecule has 0 radical (unpaired) electrons. The summed E-state index contributed by atoms with van der Waals surface area (Å²) >= 11 is 5.93. The number of allylic oxidation sites excluding steroid dienone is 2. The first kappa shape index (κ1) is 10.9. The number of rotatable bonds is 3. The van der Waals surface area contributed by atoms with E-state index in [9.17, 15) is 0 Å². The van der Waals surface area contributed by atoms with Crippen molar-refractivity contribution in [2.24, 2.45) is 0 Å². The summed E-state index contributed by atoms with van der Waals surface area (Å²) in [4.78, 5) is 4.50. The highest BCUT2D eigenvalue weighted by atomic mass is 35.5. The Labute approximate surface area is 100 Å². The van der Waals surface area contributed by atoms with Gasteiger partial charge in [0, 0.05) is 10.4 Å². The van der Waals surface area contributed by atoms with Crippen LogP contribution in [0, 0.1) is 0 Å². The standard InChI is InChI=1S/C14H12ClN/c1-2-3-4-5-13-9-7-11-6-8-12(15)10-14(11)16-13/h2,4-10H,1,3H2/b5-4+. The van der Waals surface area contributed by atoms with Gasteiger partial charge in [0.15, 0.2) is 0 Å². The van der Waals surface area contributed by atoms with Crippen molar-refractivity contribution in [3.63, 3.8) is 0 Å². The number of pyridine rings is 1. The molecule has 0 aliphatic rings. The maximum absolute atomic E-state index is 5.93. The van der Waals surface area contributed by atoms with Crippen LogP contribution < -0.4 is 0 Å². The maximum atomic E-state index is 5.93. The van der Waals surface area contributed by atoms with Crippen molar-refractivity contribution < 1.29 is 0 Å². The van der Waals surface area contributed by atoms with Crippen molar-refractivity contribution in [1.29, 1.82) is 0 Å². The number of hydrogen-bond donors (Lipinski definition) is 0. The second-order valence-corrected chi connectivity index (χ2v) is 3.94. The molecule has 1 aromatic carbocycles. The first-order valence-corrected chi connectivity index (χ1v) is 5.51. The second-order valence-electron chi connectivity index (χ2n) is 3.50. The molecule has 0 saturated carbocycles. The Morgan fingerprint density at radius 2 is 2.06 bits per heavy atom. The van der Waals surface area contributed by atoms with Crippen LogP contribution in [0.3, 0.4) is 0 Å². The summed E-state index contributed by atoms with van der Waals surface area (Å²) in [6, 6.07) is 9.77. The van der Waals surface area contributed by atoms with Gasteiger partial charge in [-0.05, 0) is 30.7 Å². The third-order valence-electron chi connectivity index (χ3n) is 2.27. The third kappa shape index (κ3) is 2.50. The van der Waals surface area contributed by atoms with Gasteiger partial charge in [-0.2, -0.15) is 0 Å². The molecule has 0 aliphatic heterocycles. The number of nitrogens with zero attached hydrogens (tertiary/aromatic N) is 1. The van der Waals surface area contributed by atoms with E-state index in [4.69, 9.17) is 11.6 Å². The fourth-order valence-corrected chi connectivity index (χ4v) is 1.65. The van der Waals surface area contributed by atoms with Crippen LogP contribution in [-0.4, -0.2) is 4.98 Å².